The number of nitrogens with zero attached hydrogens (tertiary/aromatic N) is 1. The minimum atomic E-state index is -0.197. The van der Waals surface area contributed by atoms with Crippen LogP contribution >= 0.6 is 11.6 Å². The van der Waals surface area contributed by atoms with E-state index in [4.69, 9.17) is 16.3 Å². The Labute approximate surface area is 182 Å². The van der Waals surface area contributed by atoms with Crippen molar-refractivity contribution in [3.05, 3.63) is 70.2 Å². The van der Waals surface area contributed by atoms with E-state index in [1.807, 2.05) is 24.3 Å². The van der Waals surface area contributed by atoms with E-state index in [9.17, 15) is 9.59 Å². The Morgan fingerprint density at radius 3 is 1.87 bits per heavy atom. The molecule has 1 aliphatic heterocycles. The van der Waals surface area contributed by atoms with Crippen LogP contribution in [-0.4, -0.2) is 55.1 Å². The van der Waals surface area contributed by atoms with Crippen LogP contribution in [0, 0.1) is 0 Å². The largest absolute Gasteiger partial charge is 0.373 e. The van der Waals surface area contributed by atoms with Crippen LogP contribution in [0.2, 0.25) is 5.02 Å². The van der Waals surface area contributed by atoms with E-state index in [2.05, 4.69) is 29.4 Å². The maximum atomic E-state index is 12.3. The molecule has 6 nitrogen and oxygen atoms in total. The van der Waals surface area contributed by atoms with Gasteiger partial charge >= 0.3 is 0 Å². The van der Waals surface area contributed by atoms with Gasteiger partial charge in [-0.15, -0.1) is 0 Å². The zero-order valence-corrected chi connectivity index (χ0v) is 18.1. The van der Waals surface area contributed by atoms with Crippen molar-refractivity contribution in [2.24, 2.45) is 0 Å². The van der Waals surface area contributed by atoms with E-state index in [-0.39, 0.29) is 24.0 Å². The average molecular weight is 430 g/mol. The fourth-order valence-electron chi connectivity index (χ4n) is 3.59. The number of carbonyl (C=O) groups is 2. The molecule has 3 rings (SSSR count). The number of ether oxygens (including phenoxy) is 1. The van der Waals surface area contributed by atoms with Gasteiger partial charge < -0.3 is 15.4 Å². The Balaban J connectivity index is 1.41. The van der Waals surface area contributed by atoms with E-state index in [0.717, 1.165) is 19.6 Å². The van der Waals surface area contributed by atoms with Crippen LogP contribution < -0.4 is 10.6 Å². The van der Waals surface area contributed by atoms with Crippen molar-refractivity contribution < 1.29 is 14.3 Å². The summed E-state index contributed by atoms with van der Waals surface area (Å²) >= 11 is 5.82. The summed E-state index contributed by atoms with van der Waals surface area (Å²) in [7, 11) is 0. The summed E-state index contributed by atoms with van der Waals surface area (Å²) < 4.78 is 5.77. The Morgan fingerprint density at radius 1 is 0.900 bits per heavy atom. The highest BCUT2D eigenvalue weighted by Crippen LogP contribution is 2.15. The van der Waals surface area contributed by atoms with Crippen molar-refractivity contribution in [3.63, 3.8) is 0 Å². The first-order valence-electron chi connectivity index (χ1n) is 10.2. The SMILES string of the molecule is CC1CN(Cc2ccc(C(=O)NCCNC(=O)c3ccc(Cl)cc3)cc2)CC(C)O1. The summed E-state index contributed by atoms with van der Waals surface area (Å²) in [5.74, 6) is -0.354. The number of hydrogen-bond donors (Lipinski definition) is 2. The van der Waals surface area contributed by atoms with Gasteiger partial charge in [-0.3, -0.25) is 14.5 Å². The number of hydrogen-bond acceptors (Lipinski definition) is 4. The summed E-state index contributed by atoms with van der Waals surface area (Å²) in [4.78, 5) is 26.7. The monoisotopic (exact) mass is 429 g/mol. The molecule has 7 heteroatoms. The van der Waals surface area contributed by atoms with Gasteiger partial charge in [-0.1, -0.05) is 23.7 Å². The predicted molar refractivity (Wildman–Crippen MR) is 118 cm³/mol. The van der Waals surface area contributed by atoms with E-state index in [0.29, 0.717) is 29.2 Å². The number of halogens is 1. The topological polar surface area (TPSA) is 70.7 Å². The van der Waals surface area contributed by atoms with E-state index < -0.39 is 0 Å². The first-order chi connectivity index (χ1) is 14.4. The van der Waals surface area contributed by atoms with Crippen molar-refractivity contribution in [2.75, 3.05) is 26.2 Å². The van der Waals surface area contributed by atoms with Gasteiger partial charge in [0.1, 0.15) is 0 Å². The van der Waals surface area contributed by atoms with Crippen molar-refractivity contribution >= 4 is 23.4 Å². The van der Waals surface area contributed by atoms with Crippen LogP contribution in [0.25, 0.3) is 0 Å². The third-order valence-electron chi connectivity index (χ3n) is 4.92. The van der Waals surface area contributed by atoms with Crippen LogP contribution in [0.4, 0.5) is 0 Å². The van der Waals surface area contributed by atoms with E-state index in [1.54, 1.807) is 24.3 Å². The summed E-state index contributed by atoms with van der Waals surface area (Å²) in [6, 6.07) is 14.3. The molecule has 160 valence electrons. The molecule has 1 heterocycles. The van der Waals surface area contributed by atoms with Crippen molar-refractivity contribution in [2.45, 2.75) is 32.6 Å². The Morgan fingerprint density at radius 2 is 1.37 bits per heavy atom. The van der Waals surface area contributed by atoms with Gasteiger partial charge in [-0.25, -0.2) is 0 Å². The van der Waals surface area contributed by atoms with Crippen LogP contribution in [0.15, 0.2) is 48.5 Å². The summed E-state index contributed by atoms with van der Waals surface area (Å²) in [6.07, 6.45) is 0.470. The molecule has 1 fully saturated rings. The molecule has 2 N–H and O–H groups in total. The lowest BCUT2D eigenvalue weighted by Gasteiger charge is -2.35. The van der Waals surface area contributed by atoms with Crippen LogP contribution in [0.5, 0.6) is 0 Å². The second kappa shape index (κ2) is 10.6. The highest BCUT2D eigenvalue weighted by atomic mass is 35.5. The van der Waals surface area contributed by atoms with Crippen LogP contribution in [0.3, 0.4) is 0 Å². The molecule has 2 aromatic rings. The third-order valence-corrected chi connectivity index (χ3v) is 5.17. The summed E-state index contributed by atoms with van der Waals surface area (Å²) in [6.45, 7) is 7.55. The van der Waals surface area contributed by atoms with Crippen molar-refractivity contribution in [1.82, 2.24) is 15.5 Å². The van der Waals surface area contributed by atoms with Gasteiger partial charge in [0.05, 0.1) is 12.2 Å². The lowest BCUT2D eigenvalue weighted by molar-refractivity contribution is -0.0704. The number of rotatable bonds is 7. The predicted octanol–water partition coefficient (Wildman–Crippen LogP) is 3.11. The number of carbonyl (C=O) groups excluding carboxylic acids is 2. The number of amides is 2. The summed E-state index contributed by atoms with van der Waals surface area (Å²) in [5.41, 5.74) is 2.31. The molecule has 30 heavy (non-hydrogen) atoms. The first-order valence-corrected chi connectivity index (χ1v) is 10.6. The smallest absolute Gasteiger partial charge is 0.251 e. The van der Waals surface area contributed by atoms with Crippen molar-refractivity contribution in [3.8, 4) is 0 Å². The summed E-state index contributed by atoms with van der Waals surface area (Å²) in [5, 5.41) is 6.18. The zero-order valence-electron chi connectivity index (χ0n) is 17.4. The van der Waals surface area contributed by atoms with Gasteiger partial charge in [0.2, 0.25) is 0 Å². The number of benzene rings is 2. The molecule has 1 aliphatic rings. The fraction of sp³-hybridized carbons (Fsp3) is 0.391. The quantitative estimate of drug-likeness (QED) is 0.663. The van der Waals surface area contributed by atoms with Crippen LogP contribution in [-0.2, 0) is 11.3 Å². The zero-order chi connectivity index (χ0) is 21.5. The van der Waals surface area contributed by atoms with Gasteiger partial charge in [0, 0.05) is 48.9 Å². The second-order valence-electron chi connectivity index (χ2n) is 7.67. The molecule has 1 saturated heterocycles. The Hall–Kier alpha value is -2.41. The molecule has 2 aromatic carbocycles. The highest BCUT2D eigenvalue weighted by Gasteiger charge is 2.22. The molecule has 0 aliphatic carbocycles. The van der Waals surface area contributed by atoms with Crippen LogP contribution in [0.1, 0.15) is 40.1 Å². The minimum Gasteiger partial charge on any atom is -0.373 e. The normalized spacial score (nSPS) is 19.3. The average Bonchev–Trinajstić information content (AvgIpc) is 2.71. The number of morpholine rings is 1. The first kappa shape index (κ1) is 22.3. The molecule has 0 radical (unpaired) electrons. The number of nitrogens with one attached hydrogen (secondary N) is 2. The molecule has 2 amide bonds. The van der Waals surface area contributed by atoms with E-state index >= 15 is 0 Å². The molecule has 0 spiro atoms. The molecular formula is C23H28ClN3O3. The molecule has 2 atom stereocenters. The lowest BCUT2D eigenvalue weighted by Crippen LogP contribution is -2.44. The maximum absolute atomic E-state index is 12.3. The van der Waals surface area contributed by atoms with Gasteiger partial charge in [0.25, 0.3) is 11.8 Å². The molecule has 0 aromatic heterocycles. The molecule has 0 bridgehead atoms. The second-order valence-corrected chi connectivity index (χ2v) is 8.10. The van der Waals surface area contributed by atoms with Gasteiger partial charge in [0.15, 0.2) is 0 Å². The van der Waals surface area contributed by atoms with E-state index in [1.165, 1.54) is 5.56 Å². The molecule has 0 saturated carbocycles. The minimum absolute atomic E-state index is 0.157. The standard InChI is InChI=1S/C23H28ClN3O3/c1-16-13-27(14-17(2)30-16)15-18-3-5-19(6-4-18)22(28)25-11-12-26-23(29)20-7-9-21(24)10-8-20/h3-10,16-17H,11-15H2,1-2H3,(H,25,28)(H,26,29). The van der Waals surface area contributed by atoms with Gasteiger partial charge in [-0.2, -0.15) is 0 Å². The van der Waals surface area contributed by atoms with Gasteiger partial charge in [-0.05, 0) is 55.8 Å². The Bertz CT molecular complexity index is 845. The Kier molecular flexibility index (Phi) is 7.85. The van der Waals surface area contributed by atoms with Crippen molar-refractivity contribution in [1.29, 1.82) is 0 Å². The third kappa shape index (κ3) is 6.55. The lowest BCUT2D eigenvalue weighted by atomic mass is 10.1. The fourth-order valence-corrected chi connectivity index (χ4v) is 3.72. The molecular weight excluding hydrogens is 402 g/mol. The highest BCUT2D eigenvalue weighted by molar-refractivity contribution is 6.30. The molecule has 2 unspecified atom stereocenters. The maximum Gasteiger partial charge on any atom is 0.251 e.